The van der Waals surface area contributed by atoms with E-state index in [0.29, 0.717) is 0 Å². The van der Waals surface area contributed by atoms with Crippen LogP contribution in [0.5, 0.6) is 23.0 Å². The fourth-order valence-electron chi connectivity index (χ4n) is 4.53. The molecular weight excluding hydrogens is 568 g/mol. The first-order valence-corrected chi connectivity index (χ1v) is 12.6. The molecule has 224 valence electrons. The summed E-state index contributed by atoms with van der Waals surface area (Å²) in [6, 6.07) is 9.76. The lowest BCUT2D eigenvalue weighted by Gasteiger charge is -2.20. The Morgan fingerprint density at radius 2 is 1.42 bits per heavy atom. The number of rotatable bonds is 7. The number of aromatic hydroxyl groups is 4. The highest BCUT2D eigenvalue weighted by Crippen LogP contribution is 2.35. The van der Waals surface area contributed by atoms with Crippen molar-refractivity contribution in [2.75, 3.05) is 27.3 Å². The van der Waals surface area contributed by atoms with Gasteiger partial charge in [0.1, 0.15) is 34.7 Å². The number of phenols is 4. The maximum atomic E-state index is 13.2. The van der Waals surface area contributed by atoms with E-state index in [0.717, 1.165) is 32.4 Å². The summed E-state index contributed by atoms with van der Waals surface area (Å²) < 4.78 is 14.9. The number of phenolic OH excluding ortho intramolecular Hbond substituents is 4. The van der Waals surface area contributed by atoms with Gasteiger partial charge in [-0.15, -0.1) is 0 Å². The molecule has 1 heterocycles. The summed E-state index contributed by atoms with van der Waals surface area (Å²) in [5.74, 6) is -6.14. The molecule has 2 unspecified atom stereocenters. The van der Waals surface area contributed by atoms with E-state index in [4.69, 9.17) is 9.47 Å². The average molecular weight is 595 g/mol. The molecule has 5 N–H and O–H groups in total. The van der Waals surface area contributed by atoms with E-state index in [1.54, 1.807) is 0 Å². The van der Waals surface area contributed by atoms with Crippen LogP contribution in [0.15, 0.2) is 54.6 Å². The van der Waals surface area contributed by atoms with E-state index in [-0.39, 0.29) is 30.0 Å². The Morgan fingerprint density at radius 3 is 2.02 bits per heavy atom. The molecule has 3 aromatic carbocycles. The van der Waals surface area contributed by atoms with Gasteiger partial charge >= 0.3 is 18.0 Å². The largest absolute Gasteiger partial charge is 0.508 e. The van der Waals surface area contributed by atoms with Crippen molar-refractivity contribution < 1.29 is 58.6 Å². The minimum atomic E-state index is -1.13. The lowest BCUT2D eigenvalue weighted by Crippen LogP contribution is -2.44. The van der Waals surface area contributed by atoms with Crippen LogP contribution in [0.2, 0.25) is 0 Å². The molecule has 1 aliphatic rings. The quantitative estimate of drug-likeness (QED) is 0.151. The Balaban J connectivity index is 1.58. The first-order chi connectivity index (χ1) is 20.4. The smallest absolute Gasteiger partial charge is 0.409 e. The summed E-state index contributed by atoms with van der Waals surface area (Å²) >= 11 is 0. The summed E-state index contributed by atoms with van der Waals surface area (Å²) in [4.78, 5) is 64.5. The fourth-order valence-corrected chi connectivity index (χ4v) is 4.53. The van der Waals surface area contributed by atoms with Gasteiger partial charge in [-0.1, -0.05) is 6.07 Å². The third-order valence-corrected chi connectivity index (χ3v) is 6.64. The van der Waals surface area contributed by atoms with E-state index >= 15 is 0 Å². The molecule has 0 radical (unpaired) electrons. The lowest BCUT2D eigenvalue weighted by atomic mass is 9.95. The van der Waals surface area contributed by atoms with Crippen molar-refractivity contribution in [2.45, 2.75) is 12.1 Å². The van der Waals surface area contributed by atoms with Crippen LogP contribution in [0.25, 0.3) is 0 Å². The van der Waals surface area contributed by atoms with Gasteiger partial charge in [-0.25, -0.2) is 14.4 Å². The second-order valence-corrected chi connectivity index (χ2v) is 9.36. The fraction of sp³-hybridized carbons (Fsp3) is 0.207. The number of hydrogen-bond donors (Lipinski definition) is 5. The molecule has 1 saturated heterocycles. The number of carbonyl (C=O) groups excluding carboxylic acids is 5. The van der Waals surface area contributed by atoms with Gasteiger partial charge in [0, 0.05) is 12.1 Å². The van der Waals surface area contributed by atoms with Crippen molar-refractivity contribution in [1.82, 2.24) is 10.2 Å². The third-order valence-electron chi connectivity index (χ3n) is 6.64. The molecule has 2 atom stereocenters. The van der Waals surface area contributed by atoms with E-state index in [1.165, 1.54) is 41.3 Å². The molecule has 4 rings (SSSR count). The Kier molecular flexibility index (Phi) is 8.69. The Bertz CT molecular complexity index is 1580. The molecule has 2 amide bonds. The molecule has 43 heavy (non-hydrogen) atoms. The third kappa shape index (κ3) is 6.27. The van der Waals surface area contributed by atoms with Crippen LogP contribution in [-0.4, -0.2) is 94.5 Å². The SMILES string of the molecule is COC(=O)c1cccc(O)c1C(=O)c1c(O)cc(C(=O)OC2CN(C(=O)OC)CC2NC(=O)c2ccc(O)cc2)cc1O. The lowest BCUT2D eigenvalue weighted by molar-refractivity contribution is 0.0264. The molecule has 14 heteroatoms. The van der Waals surface area contributed by atoms with Crippen LogP contribution >= 0.6 is 0 Å². The van der Waals surface area contributed by atoms with Crippen LogP contribution in [0.1, 0.15) is 47.0 Å². The van der Waals surface area contributed by atoms with E-state index in [1.807, 2.05) is 0 Å². The van der Waals surface area contributed by atoms with Crippen molar-refractivity contribution >= 4 is 29.7 Å². The molecule has 1 fully saturated rings. The number of ketones is 1. The topological polar surface area (TPSA) is 209 Å². The predicted octanol–water partition coefficient (Wildman–Crippen LogP) is 1.93. The summed E-state index contributed by atoms with van der Waals surface area (Å²) in [7, 11) is 2.22. The molecule has 14 nitrogen and oxygen atoms in total. The minimum absolute atomic E-state index is 0.0511. The summed E-state index contributed by atoms with van der Waals surface area (Å²) in [5, 5.41) is 43.6. The van der Waals surface area contributed by atoms with Gasteiger partial charge in [0.2, 0.25) is 5.78 Å². The second kappa shape index (κ2) is 12.4. The van der Waals surface area contributed by atoms with Gasteiger partial charge < -0.3 is 44.9 Å². The molecule has 1 aliphatic heterocycles. The van der Waals surface area contributed by atoms with Gasteiger partial charge in [0.15, 0.2) is 0 Å². The highest BCUT2D eigenvalue weighted by molar-refractivity contribution is 6.18. The number of ether oxygens (including phenoxy) is 3. The van der Waals surface area contributed by atoms with Crippen molar-refractivity contribution in [1.29, 1.82) is 0 Å². The van der Waals surface area contributed by atoms with Gasteiger partial charge in [-0.05, 0) is 48.5 Å². The molecule has 0 aliphatic carbocycles. The average Bonchev–Trinajstić information content (AvgIpc) is 3.37. The summed E-state index contributed by atoms with van der Waals surface area (Å²) in [5.41, 5.74) is -1.78. The van der Waals surface area contributed by atoms with Crippen LogP contribution in [0.3, 0.4) is 0 Å². The van der Waals surface area contributed by atoms with Gasteiger partial charge in [0.05, 0.1) is 43.5 Å². The maximum absolute atomic E-state index is 13.2. The highest BCUT2D eigenvalue weighted by atomic mass is 16.6. The zero-order valence-corrected chi connectivity index (χ0v) is 22.8. The van der Waals surface area contributed by atoms with Gasteiger partial charge in [-0.3, -0.25) is 9.59 Å². The molecule has 0 bridgehead atoms. The van der Waals surface area contributed by atoms with Crippen molar-refractivity contribution in [2.24, 2.45) is 0 Å². The number of methoxy groups -OCH3 is 2. The van der Waals surface area contributed by atoms with Gasteiger partial charge in [0.25, 0.3) is 5.91 Å². The Labute approximate surface area is 243 Å². The number of nitrogens with zero attached hydrogens (tertiary/aromatic N) is 1. The molecular formula is C29H26N2O12. The van der Waals surface area contributed by atoms with E-state index < -0.39 is 75.8 Å². The Morgan fingerprint density at radius 1 is 0.767 bits per heavy atom. The summed E-state index contributed by atoms with van der Waals surface area (Å²) in [6.45, 7) is -0.251. The number of nitrogens with one attached hydrogen (secondary N) is 1. The molecule has 0 spiro atoms. The van der Waals surface area contributed by atoms with Crippen LogP contribution in [-0.2, 0) is 14.2 Å². The monoisotopic (exact) mass is 594 g/mol. The maximum Gasteiger partial charge on any atom is 0.409 e. The van der Waals surface area contributed by atoms with Crippen LogP contribution in [0, 0.1) is 0 Å². The number of carbonyl (C=O) groups is 5. The van der Waals surface area contributed by atoms with Crippen LogP contribution < -0.4 is 5.32 Å². The molecule has 0 aromatic heterocycles. The van der Waals surface area contributed by atoms with Gasteiger partial charge in [-0.2, -0.15) is 0 Å². The van der Waals surface area contributed by atoms with Crippen molar-refractivity contribution in [3.05, 3.63) is 82.4 Å². The number of amides is 2. The number of likely N-dealkylation sites (tertiary alicyclic amines) is 1. The zero-order valence-electron chi connectivity index (χ0n) is 22.8. The van der Waals surface area contributed by atoms with E-state index in [2.05, 4.69) is 10.1 Å². The van der Waals surface area contributed by atoms with Crippen molar-refractivity contribution in [3.63, 3.8) is 0 Å². The number of benzene rings is 3. The Hall–Kier alpha value is -5.79. The standard InChI is InChI=1S/C29H26N2O12/c1-41-28(39)17-4-3-5-19(33)23(17)25(36)24-20(34)10-15(11-21(24)35)27(38)43-22-13-31(29(40)42-2)12-18(22)30-26(37)14-6-8-16(32)9-7-14/h3-11,18,22,32-35H,12-13H2,1-2H3,(H,30,37). The first kappa shape index (κ1) is 30.2. The van der Waals surface area contributed by atoms with Crippen LogP contribution in [0.4, 0.5) is 4.79 Å². The zero-order chi connectivity index (χ0) is 31.4. The second-order valence-electron chi connectivity index (χ2n) is 9.36. The first-order valence-electron chi connectivity index (χ1n) is 12.6. The summed E-state index contributed by atoms with van der Waals surface area (Å²) in [6.07, 6.45) is -1.83. The highest BCUT2D eigenvalue weighted by Gasteiger charge is 2.40. The van der Waals surface area contributed by atoms with Crippen molar-refractivity contribution in [3.8, 4) is 23.0 Å². The normalized spacial score (nSPS) is 15.8. The minimum Gasteiger partial charge on any atom is -0.508 e. The number of hydrogen-bond acceptors (Lipinski definition) is 12. The number of esters is 2. The molecule has 0 saturated carbocycles. The molecule has 3 aromatic rings. The predicted molar refractivity (Wildman–Crippen MR) is 145 cm³/mol. The van der Waals surface area contributed by atoms with E-state index in [9.17, 15) is 44.4 Å².